The molecule has 3 aromatic rings. The van der Waals surface area contributed by atoms with Crippen molar-refractivity contribution in [1.29, 1.82) is 0 Å². The monoisotopic (exact) mass is 277 g/mol. The quantitative estimate of drug-likeness (QED) is 0.794. The first-order valence-corrected chi connectivity index (χ1v) is 6.63. The summed E-state index contributed by atoms with van der Waals surface area (Å²) in [4.78, 5) is 0.863. The van der Waals surface area contributed by atoms with E-state index in [0.29, 0.717) is 11.1 Å². The van der Waals surface area contributed by atoms with E-state index in [1.54, 1.807) is 25.3 Å². The van der Waals surface area contributed by atoms with Gasteiger partial charge in [0.25, 0.3) is 0 Å². The smallest absolute Gasteiger partial charge is 0.169 e. The zero-order valence-corrected chi connectivity index (χ0v) is 11.0. The summed E-state index contributed by atoms with van der Waals surface area (Å²) >= 11 is 1.49. The average molecular weight is 277 g/mol. The molecule has 0 saturated carbocycles. The van der Waals surface area contributed by atoms with Crippen LogP contribution in [-0.2, 0) is 0 Å². The molecule has 1 unspecified atom stereocenters. The molecule has 98 valence electrons. The molecule has 0 aliphatic rings. The second-order valence-corrected chi connectivity index (χ2v) is 5.09. The van der Waals surface area contributed by atoms with Gasteiger partial charge in [0.05, 0.1) is 12.0 Å². The van der Waals surface area contributed by atoms with E-state index in [0.717, 1.165) is 10.6 Å². The van der Waals surface area contributed by atoms with Crippen LogP contribution in [0.5, 0.6) is 5.75 Å². The molecule has 0 bridgehead atoms. The number of ether oxygens (including phenoxy) is 1. The number of methoxy groups -OCH3 is 1. The first kappa shape index (κ1) is 12.2. The van der Waals surface area contributed by atoms with Crippen LogP contribution < -0.4 is 10.5 Å². The Morgan fingerprint density at radius 3 is 2.95 bits per heavy atom. The van der Waals surface area contributed by atoms with E-state index < -0.39 is 6.04 Å². The molecular weight excluding hydrogens is 265 g/mol. The average Bonchev–Trinajstić information content (AvgIpc) is 3.04. The molecule has 0 spiro atoms. The number of hydrogen-bond acceptors (Lipinski definition) is 4. The number of hydrogen-bond donors (Lipinski definition) is 1. The van der Waals surface area contributed by atoms with E-state index in [9.17, 15) is 4.39 Å². The van der Waals surface area contributed by atoms with Crippen molar-refractivity contribution in [2.24, 2.45) is 5.73 Å². The molecule has 0 aliphatic heterocycles. The Labute approximate surface area is 113 Å². The van der Waals surface area contributed by atoms with Crippen LogP contribution in [0.25, 0.3) is 11.0 Å². The van der Waals surface area contributed by atoms with Gasteiger partial charge in [-0.2, -0.15) is 0 Å². The van der Waals surface area contributed by atoms with Crippen LogP contribution in [0, 0.1) is 5.82 Å². The second kappa shape index (κ2) is 4.68. The van der Waals surface area contributed by atoms with Gasteiger partial charge in [0.2, 0.25) is 0 Å². The van der Waals surface area contributed by atoms with Crippen LogP contribution in [0.4, 0.5) is 4.39 Å². The molecule has 0 aliphatic carbocycles. The Bertz CT molecular complexity index is 719. The van der Waals surface area contributed by atoms with Crippen molar-refractivity contribution in [3.8, 4) is 5.75 Å². The summed E-state index contributed by atoms with van der Waals surface area (Å²) in [6.45, 7) is 0. The van der Waals surface area contributed by atoms with Crippen molar-refractivity contribution in [2.75, 3.05) is 7.11 Å². The molecule has 3 nitrogen and oxygen atoms in total. The Balaban J connectivity index is 2.07. The van der Waals surface area contributed by atoms with Crippen LogP contribution in [0.1, 0.15) is 16.7 Å². The van der Waals surface area contributed by atoms with Gasteiger partial charge in [-0.3, -0.25) is 0 Å². The molecule has 0 radical (unpaired) electrons. The van der Waals surface area contributed by atoms with Crippen molar-refractivity contribution in [1.82, 2.24) is 0 Å². The molecule has 1 atom stereocenters. The number of thiophene rings is 1. The van der Waals surface area contributed by atoms with E-state index in [4.69, 9.17) is 14.9 Å². The maximum Gasteiger partial charge on any atom is 0.169 e. The maximum atomic E-state index is 13.6. The van der Waals surface area contributed by atoms with Crippen LogP contribution in [0.3, 0.4) is 0 Å². The normalized spacial score (nSPS) is 12.8. The Morgan fingerprint density at radius 1 is 1.37 bits per heavy atom. The fourth-order valence-electron chi connectivity index (χ4n) is 2.03. The highest BCUT2D eigenvalue weighted by Gasteiger charge is 2.20. The number of furan rings is 1. The fourth-order valence-corrected chi connectivity index (χ4v) is 2.90. The second-order valence-electron chi connectivity index (χ2n) is 4.14. The SMILES string of the molecule is COc1ccsc1C(N)c1cc2cccc(F)c2o1. The Hall–Kier alpha value is -1.85. The first-order chi connectivity index (χ1) is 9.20. The van der Waals surface area contributed by atoms with Gasteiger partial charge in [-0.05, 0) is 23.6 Å². The summed E-state index contributed by atoms with van der Waals surface area (Å²) < 4.78 is 24.4. The number of halogens is 1. The van der Waals surface area contributed by atoms with E-state index in [1.165, 1.54) is 17.4 Å². The molecule has 0 amide bonds. The zero-order valence-electron chi connectivity index (χ0n) is 10.2. The van der Waals surface area contributed by atoms with Crippen molar-refractivity contribution in [3.63, 3.8) is 0 Å². The largest absolute Gasteiger partial charge is 0.496 e. The summed E-state index contributed by atoms with van der Waals surface area (Å²) in [6, 6.07) is 7.97. The van der Waals surface area contributed by atoms with Crippen molar-refractivity contribution >= 4 is 22.3 Å². The van der Waals surface area contributed by atoms with Crippen molar-refractivity contribution in [2.45, 2.75) is 6.04 Å². The highest BCUT2D eigenvalue weighted by atomic mass is 32.1. The van der Waals surface area contributed by atoms with Crippen LogP contribution >= 0.6 is 11.3 Å². The van der Waals surface area contributed by atoms with Gasteiger partial charge >= 0.3 is 0 Å². The first-order valence-electron chi connectivity index (χ1n) is 5.75. The predicted octanol–water partition coefficient (Wildman–Crippen LogP) is 3.69. The Kier molecular flexibility index (Phi) is 3.00. The summed E-state index contributed by atoms with van der Waals surface area (Å²) in [5.74, 6) is 0.869. The molecule has 2 heterocycles. The Morgan fingerprint density at radius 2 is 2.21 bits per heavy atom. The van der Waals surface area contributed by atoms with Crippen LogP contribution in [0.2, 0.25) is 0 Å². The maximum absolute atomic E-state index is 13.6. The minimum Gasteiger partial charge on any atom is -0.496 e. The fraction of sp³-hybridized carbons (Fsp3) is 0.143. The molecule has 3 rings (SSSR count). The number of nitrogens with two attached hydrogens (primary N) is 1. The topological polar surface area (TPSA) is 48.4 Å². The van der Waals surface area contributed by atoms with E-state index in [1.807, 2.05) is 11.4 Å². The highest BCUT2D eigenvalue weighted by Crippen LogP contribution is 2.35. The van der Waals surface area contributed by atoms with Crippen molar-refractivity contribution in [3.05, 3.63) is 52.2 Å². The van der Waals surface area contributed by atoms with E-state index >= 15 is 0 Å². The minimum absolute atomic E-state index is 0.239. The third-order valence-electron chi connectivity index (χ3n) is 2.98. The third-order valence-corrected chi connectivity index (χ3v) is 3.96. The molecule has 5 heteroatoms. The molecule has 0 fully saturated rings. The van der Waals surface area contributed by atoms with Gasteiger partial charge < -0.3 is 14.9 Å². The summed E-state index contributed by atoms with van der Waals surface area (Å²) in [6.07, 6.45) is 0. The van der Waals surface area contributed by atoms with Gasteiger partial charge in [0.1, 0.15) is 17.6 Å². The lowest BCUT2D eigenvalue weighted by Gasteiger charge is -2.08. The lowest BCUT2D eigenvalue weighted by molar-refractivity contribution is 0.407. The van der Waals surface area contributed by atoms with E-state index in [-0.39, 0.29) is 11.4 Å². The van der Waals surface area contributed by atoms with Gasteiger partial charge in [-0.1, -0.05) is 12.1 Å². The molecule has 0 saturated heterocycles. The van der Waals surface area contributed by atoms with Gasteiger partial charge in [-0.25, -0.2) is 4.39 Å². The number of fused-ring (bicyclic) bond motifs is 1. The molecule has 19 heavy (non-hydrogen) atoms. The molecule has 2 aromatic heterocycles. The van der Waals surface area contributed by atoms with Crippen LogP contribution in [-0.4, -0.2) is 7.11 Å². The lowest BCUT2D eigenvalue weighted by atomic mass is 10.1. The summed E-state index contributed by atoms with van der Waals surface area (Å²) in [5.41, 5.74) is 6.40. The standard InChI is InChI=1S/C14H12FNO2S/c1-17-10-5-6-19-14(10)12(16)11-7-8-3-2-4-9(15)13(8)18-11/h2-7,12H,16H2,1H3. The summed E-state index contributed by atoms with van der Waals surface area (Å²) in [7, 11) is 1.59. The van der Waals surface area contributed by atoms with Gasteiger partial charge in [0.15, 0.2) is 11.4 Å². The predicted molar refractivity (Wildman–Crippen MR) is 73.1 cm³/mol. The summed E-state index contributed by atoms with van der Waals surface area (Å²) in [5, 5.41) is 2.61. The van der Waals surface area contributed by atoms with Gasteiger partial charge in [0, 0.05) is 5.39 Å². The minimum atomic E-state index is -0.457. The highest BCUT2D eigenvalue weighted by molar-refractivity contribution is 7.10. The zero-order chi connectivity index (χ0) is 13.4. The molecule has 1 aromatic carbocycles. The number of benzene rings is 1. The van der Waals surface area contributed by atoms with E-state index in [2.05, 4.69) is 0 Å². The lowest BCUT2D eigenvalue weighted by Crippen LogP contribution is -2.10. The molecular formula is C14H12FNO2S. The van der Waals surface area contributed by atoms with Gasteiger partial charge in [-0.15, -0.1) is 11.3 Å². The third kappa shape index (κ3) is 2.01. The van der Waals surface area contributed by atoms with Crippen molar-refractivity contribution < 1.29 is 13.5 Å². The van der Waals surface area contributed by atoms with Crippen LogP contribution in [0.15, 0.2) is 40.1 Å². The number of rotatable bonds is 3. The number of para-hydroxylation sites is 1. The molecule has 2 N–H and O–H groups in total.